The maximum absolute atomic E-state index is 12.9. The molecule has 0 radical (unpaired) electrons. The van der Waals surface area contributed by atoms with E-state index in [0.29, 0.717) is 19.3 Å². The van der Waals surface area contributed by atoms with E-state index in [2.05, 4.69) is 34.6 Å². The average molecular weight is 976 g/mol. The van der Waals surface area contributed by atoms with E-state index >= 15 is 0 Å². The number of esters is 3. The molecule has 0 saturated carbocycles. The summed E-state index contributed by atoms with van der Waals surface area (Å²) in [6, 6.07) is 0. The van der Waals surface area contributed by atoms with Gasteiger partial charge in [0.1, 0.15) is 13.2 Å². The van der Waals surface area contributed by atoms with Crippen LogP contribution in [0.2, 0.25) is 0 Å². The Bertz CT molecular complexity index is 1060. The predicted octanol–water partition coefficient (Wildman–Crippen LogP) is 20.8. The second kappa shape index (κ2) is 55.7. The van der Waals surface area contributed by atoms with Crippen LogP contribution in [-0.2, 0) is 28.6 Å². The molecule has 410 valence electrons. The summed E-state index contributed by atoms with van der Waals surface area (Å²) in [5, 5.41) is 0. The molecule has 0 amide bonds. The van der Waals surface area contributed by atoms with Gasteiger partial charge in [0.15, 0.2) is 6.10 Å². The molecule has 6 heteroatoms. The van der Waals surface area contributed by atoms with Crippen LogP contribution in [0.1, 0.15) is 356 Å². The van der Waals surface area contributed by atoms with E-state index in [9.17, 15) is 14.4 Å². The molecule has 0 N–H and O–H groups in total. The van der Waals surface area contributed by atoms with Crippen molar-refractivity contribution >= 4 is 17.9 Å². The minimum Gasteiger partial charge on any atom is -0.462 e. The van der Waals surface area contributed by atoms with Crippen LogP contribution in [0, 0.1) is 11.8 Å². The predicted molar refractivity (Wildman–Crippen MR) is 298 cm³/mol. The van der Waals surface area contributed by atoms with Crippen molar-refractivity contribution in [1.82, 2.24) is 0 Å². The molecule has 0 aliphatic carbocycles. The Balaban J connectivity index is 4.29. The van der Waals surface area contributed by atoms with Crippen LogP contribution in [0.3, 0.4) is 0 Å². The molecule has 0 fully saturated rings. The van der Waals surface area contributed by atoms with Gasteiger partial charge >= 0.3 is 17.9 Å². The Labute approximate surface area is 431 Å². The SMILES string of the molecule is CCCCCCCCCCCCCCCCCCCC(=O)OC[C@@H](COC(=O)CCCCCCCCCCCCCCC(C)C)OC(=O)CCCCCCCCCCCCCCCCCCC(C)C. The van der Waals surface area contributed by atoms with Gasteiger partial charge in [0, 0.05) is 19.3 Å². The summed E-state index contributed by atoms with van der Waals surface area (Å²) in [4.78, 5) is 38.3. The lowest BCUT2D eigenvalue weighted by atomic mass is 10.0. The van der Waals surface area contributed by atoms with Crippen molar-refractivity contribution in [2.24, 2.45) is 11.8 Å². The van der Waals surface area contributed by atoms with E-state index in [-0.39, 0.29) is 31.1 Å². The molecule has 0 aliphatic heterocycles. The normalized spacial score (nSPS) is 12.0. The molecule has 0 aromatic rings. The van der Waals surface area contributed by atoms with Gasteiger partial charge in [0.05, 0.1) is 0 Å². The van der Waals surface area contributed by atoms with Gasteiger partial charge in [-0.15, -0.1) is 0 Å². The summed E-state index contributed by atoms with van der Waals surface area (Å²) in [6.07, 6.45) is 61.0. The molecule has 0 bridgehead atoms. The number of ether oxygens (including phenoxy) is 3. The Morgan fingerprint density at radius 2 is 0.478 bits per heavy atom. The second-order valence-corrected chi connectivity index (χ2v) is 22.6. The van der Waals surface area contributed by atoms with E-state index in [1.807, 2.05) is 0 Å². The summed E-state index contributed by atoms with van der Waals surface area (Å²) >= 11 is 0. The average Bonchev–Trinajstić information content (AvgIpc) is 3.32. The van der Waals surface area contributed by atoms with E-state index < -0.39 is 6.10 Å². The lowest BCUT2D eigenvalue weighted by Gasteiger charge is -2.18. The van der Waals surface area contributed by atoms with E-state index in [4.69, 9.17) is 14.2 Å². The minimum atomic E-state index is -0.763. The first-order valence-corrected chi connectivity index (χ1v) is 31.2. The summed E-state index contributed by atoms with van der Waals surface area (Å²) in [7, 11) is 0. The molecular formula is C63H122O6. The highest BCUT2D eigenvalue weighted by atomic mass is 16.6. The van der Waals surface area contributed by atoms with Gasteiger partial charge in [0.25, 0.3) is 0 Å². The summed E-state index contributed by atoms with van der Waals surface area (Å²) < 4.78 is 16.9. The zero-order valence-electron chi connectivity index (χ0n) is 47.5. The topological polar surface area (TPSA) is 78.9 Å². The fourth-order valence-corrected chi connectivity index (χ4v) is 9.76. The first-order chi connectivity index (χ1) is 33.7. The smallest absolute Gasteiger partial charge is 0.306 e. The lowest BCUT2D eigenvalue weighted by Crippen LogP contribution is -2.30. The largest absolute Gasteiger partial charge is 0.462 e. The highest BCUT2D eigenvalue weighted by Crippen LogP contribution is 2.19. The number of hydrogen-bond acceptors (Lipinski definition) is 6. The van der Waals surface area contributed by atoms with Gasteiger partial charge in [-0.2, -0.15) is 0 Å². The molecule has 0 unspecified atom stereocenters. The summed E-state index contributed by atoms with van der Waals surface area (Å²) in [6.45, 7) is 11.4. The summed E-state index contributed by atoms with van der Waals surface area (Å²) in [5.74, 6) is 0.853. The highest BCUT2D eigenvalue weighted by molar-refractivity contribution is 5.71. The Morgan fingerprint density at radius 3 is 0.710 bits per heavy atom. The van der Waals surface area contributed by atoms with E-state index in [1.165, 1.54) is 244 Å². The van der Waals surface area contributed by atoms with Crippen molar-refractivity contribution in [1.29, 1.82) is 0 Å². The van der Waals surface area contributed by atoms with Crippen LogP contribution in [-0.4, -0.2) is 37.2 Å². The third kappa shape index (κ3) is 57.2. The molecule has 0 saturated heterocycles. The lowest BCUT2D eigenvalue weighted by molar-refractivity contribution is -0.167. The standard InChI is InChI=1S/C63H122O6/c1-6-7-8-9-10-11-12-13-14-15-19-22-28-33-38-43-48-53-61(64)67-56-60(57-68-62(65)54-49-44-39-34-29-25-24-27-32-37-42-47-52-59(4)5)69-63(66)55-50-45-40-35-30-23-20-17-16-18-21-26-31-36-41-46-51-58(2)3/h58-60H,6-57H2,1-5H3/t60-/m0/s1. The Kier molecular flexibility index (Phi) is 54.4. The van der Waals surface area contributed by atoms with Crippen LogP contribution in [0.25, 0.3) is 0 Å². The second-order valence-electron chi connectivity index (χ2n) is 22.6. The zero-order valence-corrected chi connectivity index (χ0v) is 47.5. The third-order valence-corrected chi connectivity index (χ3v) is 14.5. The first-order valence-electron chi connectivity index (χ1n) is 31.2. The van der Waals surface area contributed by atoms with Crippen molar-refractivity contribution in [2.45, 2.75) is 362 Å². The van der Waals surface area contributed by atoms with Gasteiger partial charge < -0.3 is 14.2 Å². The fourth-order valence-electron chi connectivity index (χ4n) is 9.76. The van der Waals surface area contributed by atoms with Gasteiger partial charge in [-0.05, 0) is 31.1 Å². The fraction of sp³-hybridized carbons (Fsp3) is 0.952. The minimum absolute atomic E-state index is 0.0620. The Morgan fingerprint density at radius 1 is 0.275 bits per heavy atom. The van der Waals surface area contributed by atoms with Crippen molar-refractivity contribution in [3.05, 3.63) is 0 Å². The van der Waals surface area contributed by atoms with Gasteiger partial charge in [-0.25, -0.2) is 0 Å². The Hall–Kier alpha value is -1.59. The molecule has 0 aromatic heterocycles. The quantitative estimate of drug-likeness (QED) is 0.0343. The molecule has 0 heterocycles. The molecule has 0 rings (SSSR count). The summed E-state index contributed by atoms with van der Waals surface area (Å²) in [5.41, 5.74) is 0. The number of rotatable bonds is 57. The van der Waals surface area contributed by atoms with Gasteiger partial charge in [0.2, 0.25) is 0 Å². The zero-order chi connectivity index (χ0) is 50.4. The van der Waals surface area contributed by atoms with Gasteiger partial charge in [-0.3, -0.25) is 14.4 Å². The van der Waals surface area contributed by atoms with Crippen molar-refractivity contribution in [3.63, 3.8) is 0 Å². The number of carbonyl (C=O) groups excluding carboxylic acids is 3. The molecule has 0 aliphatic rings. The van der Waals surface area contributed by atoms with Crippen LogP contribution in [0.4, 0.5) is 0 Å². The highest BCUT2D eigenvalue weighted by Gasteiger charge is 2.19. The van der Waals surface area contributed by atoms with Crippen molar-refractivity contribution in [3.8, 4) is 0 Å². The van der Waals surface area contributed by atoms with E-state index in [1.54, 1.807) is 0 Å². The van der Waals surface area contributed by atoms with Crippen molar-refractivity contribution < 1.29 is 28.6 Å². The molecule has 0 aromatic carbocycles. The van der Waals surface area contributed by atoms with Gasteiger partial charge in [-0.1, -0.05) is 317 Å². The molecule has 69 heavy (non-hydrogen) atoms. The number of hydrogen-bond donors (Lipinski definition) is 0. The molecule has 6 nitrogen and oxygen atoms in total. The third-order valence-electron chi connectivity index (χ3n) is 14.5. The molecule has 0 spiro atoms. The molecule has 1 atom stereocenters. The van der Waals surface area contributed by atoms with Crippen molar-refractivity contribution in [2.75, 3.05) is 13.2 Å². The van der Waals surface area contributed by atoms with Crippen LogP contribution in [0.15, 0.2) is 0 Å². The number of unbranched alkanes of at least 4 members (excludes halogenated alkanes) is 42. The monoisotopic (exact) mass is 975 g/mol. The maximum atomic E-state index is 12.9. The van der Waals surface area contributed by atoms with Crippen LogP contribution in [0.5, 0.6) is 0 Å². The maximum Gasteiger partial charge on any atom is 0.306 e. The number of carbonyl (C=O) groups is 3. The van der Waals surface area contributed by atoms with E-state index in [0.717, 1.165) is 69.6 Å². The molecular weight excluding hydrogens is 853 g/mol. The van der Waals surface area contributed by atoms with Crippen LogP contribution < -0.4 is 0 Å². The first kappa shape index (κ1) is 67.4. The van der Waals surface area contributed by atoms with Crippen LogP contribution >= 0.6 is 0 Å².